The van der Waals surface area contributed by atoms with Crippen LogP contribution in [0.15, 0.2) is 12.1 Å². The largest absolute Gasteiger partial charge is 0.325 e. The number of amides is 2. The van der Waals surface area contributed by atoms with E-state index in [1.54, 1.807) is 13.0 Å². The normalized spacial score (nSPS) is 21.3. The van der Waals surface area contributed by atoms with Crippen molar-refractivity contribution in [3.8, 4) is 0 Å². The molecule has 2 aliphatic heterocycles. The van der Waals surface area contributed by atoms with Crippen LogP contribution in [0.25, 0.3) is 0 Å². The van der Waals surface area contributed by atoms with Gasteiger partial charge in [0, 0.05) is 62.0 Å². The molecule has 0 N–H and O–H groups in total. The minimum absolute atomic E-state index is 0.0587. The summed E-state index contributed by atoms with van der Waals surface area (Å²) in [5.74, 6) is 0. The number of rotatable bonds is 3. The fraction of sp³-hybridized carbons (Fsp3) is 0.611. The molecule has 2 aliphatic rings. The Kier molecular flexibility index (Phi) is 5.67. The molecule has 0 aliphatic carbocycles. The summed E-state index contributed by atoms with van der Waals surface area (Å²) in [7, 11) is 0. The predicted octanol–water partition coefficient (Wildman–Crippen LogP) is 3.28. The van der Waals surface area contributed by atoms with Crippen LogP contribution >= 0.6 is 11.6 Å². The molecule has 2 fully saturated rings. The fourth-order valence-corrected chi connectivity index (χ4v) is 4.10. The third kappa shape index (κ3) is 3.94. The van der Waals surface area contributed by atoms with Gasteiger partial charge >= 0.3 is 6.03 Å². The van der Waals surface area contributed by atoms with Gasteiger partial charge in [-0.15, -0.1) is 0 Å². The van der Waals surface area contributed by atoms with Gasteiger partial charge in [-0.3, -0.25) is 15.0 Å². The standard InChI is InChI=1S/C18H25ClN4O3/c1-13-11-20(7-8-22(13)18(24)21-5-3-4-6-21)12-15-9-16(19)10-17(14(15)2)23(25)26/h9-10,13H,3-8,11-12H2,1-2H3. The number of piperazine rings is 1. The number of hydrogen-bond donors (Lipinski definition) is 0. The van der Waals surface area contributed by atoms with Gasteiger partial charge in [-0.25, -0.2) is 4.79 Å². The lowest BCUT2D eigenvalue weighted by Crippen LogP contribution is -2.56. The van der Waals surface area contributed by atoms with Gasteiger partial charge in [-0.05, 0) is 38.3 Å². The lowest BCUT2D eigenvalue weighted by Gasteiger charge is -2.41. The van der Waals surface area contributed by atoms with E-state index in [0.717, 1.165) is 44.6 Å². The van der Waals surface area contributed by atoms with Gasteiger partial charge in [-0.2, -0.15) is 0 Å². The van der Waals surface area contributed by atoms with Crippen molar-refractivity contribution in [2.75, 3.05) is 32.7 Å². The molecular weight excluding hydrogens is 356 g/mol. The summed E-state index contributed by atoms with van der Waals surface area (Å²) < 4.78 is 0. The highest BCUT2D eigenvalue weighted by molar-refractivity contribution is 6.30. The Hall–Kier alpha value is -1.86. The number of hydrogen-bond acceptors (Lipinski definition) is 4. The lowest BCUT2D eigenvalue weighted by atomic mass is 10.1. The van der Waals surface area contributed by atoms with E-state index in [0.29, 0.717) is 23.7 Å². The monoisotopic (exact) mass is 380 g/mol. The van der Waals surface area contributed by atoms with Crippen LogP contribution in [-0.2, 0) is 6.54 Å². The Morgan fingerprint density at radius 1 is 1.27 bits per heavy atom. The zero-order valence-electron chi connectivity index (χ0n) is 15.3. The molecule has 1 unspecified atom stereocenters. The summed E-state index contributed by atoms with van der Waals surface area (Å²) in [4.78, 5) is 29.6. The molecule has 0 spiro atoms. The molecule has 0 aromatic heterocycles. The molecule has 2 saturated heterocycles. The quantitative estimate of drug-likeness (QED) is 0.596. The van der Waals surface area contributed by atoms with Crippen molar-refractivity contribution in [2.24, 2.45) is 0 Å². The topological polar surface area (TPSA) is 69.9 Å². The summed E-state index contributed by atoms with van der Waals surface area (Å²) in [6, 6.07) is 3.46. The van der Waals surface area contributed by atoms with E-state index in [1.165, 1.54) is 6.07 Å². The maximum Gasteiger partial charge on any atom is 0.320 e. The SMILES string of the molecule is Cc1c(CN2CCN(C(=O)N3CCCC3)C(C)C2)cc(Cl)cc1[N+](=O)[O-]. The first-order chi connectivity index (χ1) is 12.4. The molecule has 1 aromatic carbocycles. The first kappa shape index (κ1) is 18.9. The summed E-state index contributed by atoms with van der Waals surface area (Å²) in [5, 5.41) is 11.6. The molecule has 0 saturated carbocycles. The van der Waals surface area contributed by atoms with Gasteiger partial charge in [0.05, 0.1) is 4.92 Å². The average Bonchev–Trinajstić information content (AvgIpc) is 3.11. The second-order valence-electron chi connectivity index (χ2n) is 7.22. The maximum absolute atomic E-state index is 12.6. The fourth-order valence-electron chi connectivity index (χ4n) is 3.87. The Bertz CT molecular complexity index is 706. The van der Waals surface area contributed by atoms with Crippen molar-refractivity contribution < 1.29 is 9.72 Å². The third-order valence-electron chi connectivity index (χ3n) is 5.38. The first-order valence-corrected chi connectivity index (χ1v) is 9.46. The van der Waals surface area contributed by atoms with E-state index in [1.807, 2.05) is 9.80 Å². The van der Waals surface area contributed by atoms with Gasteiger partial charge in [0.25, 0.3) is 5.69 Å². The van der Waals surface area contributed by atoms with Crippen LogP contribution in [0.4, 0.5) is 10.5 Å². The Labute approximate surface area is 158 Å². The highest BCUT2D eigenvalue weighted by atomic mass is 35.5. The number of carbonyl (C=O) groups is 1. The molecular formula is C18H25ClN4O3. The van der Waals surface area contributed by atoms with Gasteiger partial charge in [0.1, 0.15) is 0 Å². The van der Waals surface area contributed by atoms with Crippen LogP contribution in [0.5, 0.6) is 0 Å². The number of urea groups is 1. The number of nitro groups is 1. The van der Waals surface area contributed by atoms with Crippen molar-refractivity contribution in [2.45, 2.75) is 39.3 Å². The number of nitro benzene ring substituents is 1. The van der Waals surface area contributed by atoms with Crippen LogP contribution in [0, 0.1) is 17.0 Å². The van der Waals surface area contributed by atoms with Crippen molar-refractivity contribution in [3.05, 3.63) is 38.4 Å². The Morgan fingerprint density at radius 2 is 1.96 bits per heavy atom. The van der Waals surface area contributed by atoms with Crippen LogP contribution in [0.2, 0.25) is 5.02 Å². The van der Waals surface area contributed by atoms with Crippen molar-refractivity contribution >= 4 is 23.3 Å². The number of halogens is 1. The van der Waals surface area contributed by atoms with E-state index < -0.39 is 0 Å². The van der Waals surface area contributed by atoms with Crippen LogP contribution in [0.1, 0.15) is 30.9 Å². The molecule has 0 radical (unpaired) electrons. The number of benzene rings is 1. The maximum atomic E-state index is 12.6. The van der Waals surface area contributed by atoms with E-state index in [2.05, 4.69) is 11.8 Å². The second kappa shape index (κ2) is 7.80. The highest BCUT2D eigenvalue weighted by Crippen LogP contribution is 2.28. The molecule has 142 valence electrons. The number of nitrogens with zero attached hydrogens (tertiary/aromatic N) is 4. The van der Waals surface area contributed by atoms with Gasteiger partial charge in [-0.1, -0.05) is 11.6 Å². The Balaban J connectivity index is 1.66. The highest BCUT2D eigenvalue weighted by Gasteiger charge is 2.31. The summed E-state index contributed by atoms with van der Waals surface area (Å²) in [6.07, 6.45) is 2.18. The summed E-state index contributed by atoms with van der Waals surface area (Å²) >= 11 is 6.07. The van der Waals surface area contributed by atoms with E-state index in [4.69, 9.17) is 11.6 Å². The molecule has 2 heterocycles. The Morgan fingerprint density at radius 3 is 2.58 bits per heavy atom. The summed E-state index contributed by atoms with van der Waals surface area (Å²) in [5.41, 5.74) is 1.58. The van der Waals surface area contributed by atoms with Crippen molar-refractivity contribution in [3.63, 3.8) is 0 Å². The zero-order valence-corrected chi connectivity index (χ0v) is 16.0. The molecule has 2 amide bonds. The average molecular weight is 381 g/mol. The molecule has 0 bridgehead atoms. The minimum atomic E-state index is -0.389. The molecule has 3 rings (SSSR count). The minimum Gasteiger partial charge on any atom is -0.325 e. The van der Waals surface area contributed by atoms with E-state index in [-0.39, 0.29) is 22.7 Å². The third-order valence-corrected chi connectivity index (χ3v) is 5.60. The first-order valence-electron chi connectivity index (χ1n) is 9.08. The number of carbonyl (C=O) groups excluding carboxylic acids is 1. The van der Waals surface area contributed by atoms with Gasteiger partial charge in [0.2, 0.25) is 0 Å². The lowest BCUT2D eigenvalue weighted by molar-refractivity contribution is -0.385. The van der Waals surface area contributed by atoms with Gasteiger partial charge < -0.3 is 9.80 Å². The van der Waals surface area contributed by atoms with Crippen LogP contribution in [0.3, 0.4) is 0 Å². The van der Waals surface area contributed by atoms with E-state index in [9.17, 15) is 14.9 Å². The zero-order chi connectivity index (χ0) is 18.8. The second-order valence-corrected chi connectivity index (χ2v) is 7.66. The number of likely N-dealkylation sites (tertiary alicyclic amines) is 1. The molecule has 1 atom stereocenters. The molecule has 1 aromatic rings. The molecule has 26 heavy (non-hydrogen) atoms. The van der Waals surface area contributed by atoms with E-state index >= 15 is 0 Å². The van der Waals surface area contributed by atoms with Crippen molar-refractivity contribution in [1.82, 2.24) is 14.7 Å². The van der Waals surface area contributed by atoms with Crippen LogP contribution in [-0.4, -0.2) is 64.4 Å². The van der Waals surface area contributed by atoms with Crippen LogP contribution < -0.4 is 0 Å². The van der Waals surface area contributed by atoms with Gasteiger partial charge in [0.15, 0.2) is 0 Å². The van der Waals surface area contributed by atoms with Crippen molar-refractivity contribution in [1.29, 1.82) is 0 Å². The predicted molar refractivity (Wildman–Crippen MR) is 100 cm³/mol. The smallest absolute Gasteiger partial charge is 0.320 e. The molecule has 7 nitrogen and oxygen atoms in total. The summed E-state index contributed by atoms with van der Waals surface area (Å²) in [6.45, 7) is 8.33. The molecule has 8 heteroatoms.